The van der Waals surface area contributed by atoms with Gasteiger partial charge < -0.3 is 8.83 Å². The van der Waals surface area contributed by atoms with Gasteiger partial charge in [-0.3, -0.25) is 4.98 Å². The van der Waals surface area contributed by atoms with Gasteiger partial charge in [0.15, 0.2) is 5.58 Å². The third-order valence-electron chi connectivity index (χ3n) is 7.33. The van der Waals surface area contributed by atoms with Crippen LogP contribution >= 0.6 is 0 Å². The van der Waals surface area contributed by atoms with E-state index in [0.29, 0.717) is 5.92 Å². The Morgan fingerprint density at radius 2 is 1.70 bits per heavy atom. The van der Waals surface area contributed by atoms with Crippen LogP contribution in [0.25, 0.3) is 55.3 Å². The first-order valence-corrected chi connectivity index (χ1v) is 13.1. The minimum atomic E-state index is -0.00210. The Balaban J connectivity index is 1.53. The van der Waals surface area contributed by atoms with Crippen molar-refractivity contribution in [2.45, 2.75) is 53.4 Å². The quantitative estimate of drug-likeness (QED) is 0.248. The molecule has 3 heterocycles. The van der Waals surface area contributed by atoms with Crippen molar-refractivity contribution in [3.8, 4) is 22.6 Å². The molecule has 0 aliphatic carbocycles. The number of nitrogens with zero attached hydrogens (tertiary/aromatic N) is 1. The van der Waals surface area contributed by atoms with Crippen molar-refractivity contribution in [1.29, 1.82) is 0 Å². The molecule has 0 amide bonds. The van der Waals surface area contributed by atoms with Crippen LogP contribution in [0.5, 0.6) is 0 Å². The second kappa shape index (κ2) is 8.62. The number of aromatic nitrogens is 1. The monoisotopic (exact) mass is 487 g/mol. The van der Waals surface area contributed by atoms with E-state index in [4.69, 9.17) is 13.8 Å². The third kappa shape index (κ3) is 4.03. The number of furan rings is 2. The van der Waals surface area contributed by atoms with Crippen LogP contribution in [0.3, 0.4) is 0 Å². The molecular formula is C34H33NO2. The normalized spacial score (nSPS) is 12.4. The molecule has 0 saturated carbocycles. The van der Waals surface area contributed by atoms with E-state index in [-0.39, 0.29) is 5.41 Å². The van der Waals surface area contributed by atoms with Gasteiger partial charge in [-0.1, -0.05) is 71.0 Å². The molecule has 3 heteroatoms. The zero-order valence-corrected chi connectivity index (χ0v) is 22.5. The summed E-state index contributed by atoms with van der Waals surface area (Å²) in [6.45, 7) is 13.4. The summed E-state index contributed by atoms with van der Waals surface area (Å²) in [5.74, 6) is 1.45. The van der Waals surface area contributed by atoms with Gasteiger partial charge in [-0.15, -0.1) is 0 Å². The molecule has 0 saturated heterocycles. The van der Waals surface area contributed by atoms with Gasteiger partial charge in [-0.05, 0) is 70.8 Å². The molecular weight excluding hydrogens is 454 g/mol. The lowest BCUT2D eigenvalue weighted by molar-refractivity contribution is 0.596. The molecule has 0 fully saturated rings. The van der Waals surface area contributed by atoms with E-state index in [2.05, 4.69) is 102 Å². The summed E-state index contributed by atoms with van der Waals surface area (Å²) in [7, 11) is 0. The first-order valence-electron chi connectivity index (χ1n) is 13.1. The maximum atomic E-state index is 6.65. The average Bonchev–Trinajstić information content (AvgIpc) is 3.42. The summed E-state index contributed by atoms with van der Waals surface area (Å²) >= 11 is 0. The second-order valence-corrected chi connectivity index (χ2v) is 11.7. The van der Waals surface area contributed by atoms with Gasteiger partial charge in [0.25, 0.3) is 0 Å². The van der Waals surface area contributed by atoms with E-state index >= 15 is 0 Å². The van der Waals surface area contributed by atoms with Crippen LogP contribution in [0.4, 0.5) is 0 Å². The molecule has 6 aromatic rings. The molecule has 0 radical (unpaired) electrons. The van der Waals surface area contributed by atoms with E-state index in [1.165, 1.54) is 21.9 Å². The molecule has 0 aliphatic heterocycles. The van der Waals surface area contributed by atoms with Gasteiger partial charge in [0.1, 0.15) is 23.3 Å². The lowest BCUT2D eigenvalue weighted by Crippen LogP contribution is -2.12. The first kappa shape index (κ1) is 23.5. The highest BCUT2D eigenvalue weighted by atomic mass is 16.3. The Bertz CT molecular complexity index is 1780. The largest absolute Gasteiger partial charge is 0.464 e. The first-order chi connectivity index (χ1) is 17.7. The summed E-state index contributed by atoms with van der Waals surface area (Å²) in [5.41, 5.74) is 8.34. The summed E-state index contributed by atoms with van der Waals surface area (Å²) in [4.78, 5) is 4.83. The molecule has 0 spiro atoms. The zero-order valence-electron chi connectivity index (χ0n) is 22.5. The number of benzene rings is 3. The standard InChI is InChI=1S/C34H33NO2/c1-20(2)15-22-11-12-27-28(19-36-30(27)16-22)32-21(3)25-13-14-35-31(33(25)37-32)24-17-23-9-7-8-10-26(23)29(18-24)34(4,5)6/h7-14,16-20H,15H2,1-6H3. The molecule has 6 rings (SSSR count). The summed E-state index contributed by atoms with van der Waals surface area (Å²) in [5, 5.41) is 4.65. The number of hydrogen-bond donors (Lipinski definition) is 0. The fourth-order valence-electron chi connectivity index (χ4n) is 5.53. The fourth-order valence-corrected chi connectivity index (χ4v) is 5.53. The molecule has 0 bridgehead atoms. The van der Waals surface area contributed by atoms with Gasteiger partial charge >= 0.3 is 0 Å². The van der Waals surface area contributed by atoms with Crippen molar-refractivity contribution in [3.05, 3.63) is 89.8 Å². The Kier molecular flexibility index (Phi) is 5.49. The van der Waals surface area contributed by atoms with Gasteiger partial charge in [0, 0.05) is 28.1 Å². The van der Waals surface area contributed by atoms with Crippen LogP contribution < -0.4 is 0 Å². The van der Waals surface area contributed by atoms with Crippen LogP contribution in [-0.4, -0.2) is 4.98 Å². The topological polar surface area (TPSA) is 39.2 Å². The van der Waals surface area contributed by atoms with Crippen LogP contribution in [0, 0.1) is 12.8 Å². The number of pyridine rings is 1. The minimum Gasteiger partial charge on any atom is -0.464 e. The lowest BCUT2D eigenvalue weighted by Gasteiger charge is -2.22. The molecule has 37 heavy (non-hydrogen) atoms. The lowest BCUT2D eigenvalue weighted by atomic mass is 9.82. The molecule has 3 aromatic carbocycles. The Morgan fingerprint density at radius 1 is 0.892 bits per heavy atom. The van der Waals surface area contributed by atoms with E-state index in [1.807, 2.05) is 12.5 Å². The molecule has 0 aliphatic rings. The number of rotatable bonds is 4. The van der Waals surface area contributed by atoms with Crippen molar-refractivity contribution in [3.63, 3.8) is 0 Å². The highest BCUT2D eigenvalue weighted by Gasteiger charge is 2.23. The zero-order chi connectivity index (χ0) is 25.9. The molecule has 3 aromatic heterocycles. The molecule has 0 N–H and O–H groups in total. The predicted octanol–water partition coefficient (Wildman–Crippen LogP) is 9.87. The Labute approximate surface area is 218 Å². The highest BCUT2D eigenvalue weighted by molar-refractivity contribution is 6.02. The minimum absolute atomic E-state index is 0.00210. The number of fused-ring (bicyclic) bond motifs is 3. The third-order valence-corrected chi connectivity index (χ3v) is 7.33. The molecule has 186 valence electrons. The summed E-state index contributed by atoms with van der Waals surface area (Å²) < 4.78 is 12.7. The van der Waals surface area contributed by atoms with Gasteiger partial charge in [-0.25, -0.2) is 0 Å². The van der Waals surface area contributed by atoms with Crippen molar-refractivity contribution in [2.75, 3.05) is 0 Å². The van der Waals surface area contributed by atoms with Gasteiger partial charge in [0.05, 0.1) is 5.56 Å². The predicted molar refractivity (Wildman–Crippen MR) is 154 cm³/mol. The smallest absolute Gasteiger partial charge is 0.161 e. The maximum absolute atomic E-state index is 6.65. The number of aryl methyl sites for hydroxylation is 1. The van der Waals surface area contributed by atoms with Crippen molar-refractivity contribution < 1.29 is 8.83 Å². The Morgan fingerprint density at radius 3 is 2.49 bits per heavy atom. The van der Waals surface area contributed by atoms with E-state index in [0.717, 1.165) is 56.5 Å². The van der Waals surface area contributed by atoms with Crippen LogP contribution in [0.15, 0.2) is 82.0 Å². The number of hydrogen-bond acceptors (Lipinski definition) is 3. The SMILES string of the molecule is Cc1c(-c2coc3cc(CC(C)C)ccc23)oc2c(-c3cc(C(C)(C)C)c4ccccc4c3)nccc12. The van der Waals surface area contributed by atoms with E-state index in [9.17, 15) is 0 Å². The van der Waals surface area contributed by atoms with Gasteiger partial charge in [0.2, 0.25) is 0 Å². The highest BCUT2D eigenvalue weighted by Crippen LogP contribution is 2.42. The van der Waals surface area contributed by atoms with Crippen LogP contribution in [0.2, 0.25) is 0 Å². The molecule has 0 unspecified atom stereocenters. The van der Waals surface area contributed by atoms with Crippen LogP contribution in [0.1, 0.15) is 51.3 Å². The van der Waals surface area contributed by atoms with Crippen molar-refractivity contribution in [1.82, 2.24) is 4.98 Å². The Hall–Kier alpha value is -3.85. The van der Waals surface area contributed by atoms with Crippen molar-refractivity contribution >= 4 is 32.7 Å². The van der Waals surface area contributed by atoms with Crippen LogP contribution in [-0.2, 0) is 11.8 Å². The average molecular weight is 488 g/mol. The second-order valence-electron chi connectivity index (χ2n) is 11.7. The van der Waals surface area contributed by atoms with Gasteiger partial charge in [-0.2, -0.15) is 0 Å². The van der Waals surface area contributed by atoms with Crippen molar-refractivity contribution in [2.24, 2.45) is 5.92 Å². The maximum Gasteiger partial charge on any atom is 0.161 e. The van der Waals surface area contributed by atoms with E-state index < -0.39 is 0 Å². The summed E-state index contributed by atoms with van der Waals surface area (Å²) in [6.07, 6.45) is 4.75. The fraction of sp³-hybridized carbons (Fsp3) is 0.265. The molecule has 3 nitrogen and oxygen atoms in total. The molecule has 0 atom stereocenters. The van der Waals surface area contributed by atoms with E-state index in [1.54, 1.807) is 0 Å². The summed E-state index contributed by atoms with van der Waals surface area (Å²) in [6, 6.07) is 21.7.